The second kappa shape index (κ2) is 7.46. The minimum Gasteiger partial charge on any atom is -0.350 e. The van der Waals surface area contributed by atoms with Gasteiger partial charge >= 0.3 is 0 Å². The Morgan fingerprint density at radius 3 is 3.00 bits per heavy atom. The van der Waals surface area contributed by atoms with Crippen molar-refractivity contribution >= 4 is 28.1 Å². The van der Waals surface area contributed by atoms with Gasteiger partial charge in [-0.1, -0.05) is 29.8 Å². The van der Waals surface area contributed by atoms with Crippen molar-refractivity contribution in [1.82, 2.24) is 14.9 Å². The monoisotopic (exact) mass is 365 g/mol. The molecule has 1 aliphatic carbocycles. The number of rotatable bonds is 5. The van der Waals surface area contributed by atoms with Crippen LogP contribution < -0.4 is 5.32 Å². The summed E-state index contributed by atoms with van der Waals surface area (Å²) in [7, 11) is 2.04. The summed E-state index contributed by atoms with van der Waals surface area (Å²) in [5.74, 6) is -0.0809. The first-order valence-corrected chi connectivity index (χ1v) is 10.1. The summed E-state index contributed by atoms with van der Waals surface area (Å²) in [6, 6.07) is 10.4. The number of amides is 1. The number of hydrogen-bond acceptors (Lipinski definition) is 3. The van der Waals surface area contributed by atoms with Crippen molar-refractivity contribution < 1.29 is 4.79 Å². The Morgan fingerprint density at radius 1 is 1.31 bits per heavy atom. The molecule has 0 aliphatic heterocycles. The molecule has 3 aromatic rings. The zero-order valence-electron chi connectivity index (χ0n) is 15.0. The van der Waals surface area contributed by atoms with Gasteiger partial charge in [-0.05, 0) is 44.2 Å². The summed E-state index contributed by atoms with van der Waals surface area (Å²) in [5.41, 5.74) is 4.20. The molecule has 0 saturated carbocycles. The van der Waals surface area contributed by atoms with Crippen LogP contribution in [0.4, 0.5) is 0 Å². The predicted octanol–water partition coefficient (Wildman–Crippen LogP) is 4.92. The molecule has 0 atom stereocenters. The van der Waals surface area contributed by atoms with Crippen LogP contribution in [-0.4, -0.2) is 22.0 Å². The van der Waals surface area contributed by atoms with E-state index in [4.69, 9.17) is 0 Å². The van der Waals surface area contributed by atoms with Crippen LogP contribution in [0.3, 0.4) is 0 Å². The standard InChI is InChI=1S/C21H23N3OS/c1-24-18-10-6-5-9-16(18)13-19(24)21-23-17(14-26-21)20(25)22-12-11-15-7-3-2-4-8-15/h5-7,9-10,13-14H,2-4,8,11-12H2,1H3,(H,22,25). The number of thiazole rings is 1. The average molecular weight is 366 g/mol. The molecule has 0 spiro atoms. The van der Waals surface area contributed by atoms with Gasteiger partial charge in [0.25, 0.3) is 5.91 Å². The van der Waals surface area contributed by atoms with Gasteiger partial charge in [0.1, 0.15) is 10.7 Å². The largest absolute Gasteiger partial charge is 0.350 e. The van der Waals surface area contributed by atoms with E-state index < -0.39 is 0 Å². The van der Waals surface area contributed by atoms with Crippen molar-refractivity contribution in [3.63, 3.8) is 0 Å². The number of aromatic nitrogens is 2. The van der Waals surface area contributed by atoms with E-state index >= 15 is 0 Å². The number of aryl methyl sites for hydroxylation is 1. The second-order valence-electron chi connectivity index (χ2n) is 6.80. The normalized spacial score (nSPS) is 14.4. The molecular formula is C21H23N3OS. The van der Waals surface area contributed by atoms with Gasteiger partial charge in [0.15, 0.2) is 0 Å². The van der Waals surface area contributed by atoms with Crippen LogP contribution in [0.2, 0.25) is 0 Å². The zero-order valence-corrected chi connectivity index (χ0v) is 15.8. The maximum Gasteiger partial charge on any atom is 0.270 e. The molecule has 5 heteroatoms. The summed E-state index contributed by atoms with van der Waals surface area (Å²) in [4.78, 5) is 17.0. The van der Waals surface area contributed by atoms with E-state index in [1.807, 2.05) is 24.6 Å². The number of nitrogens with zero attached hydrogens (tertiary/aromatic N) is 2. The Balaban J connectivity index is 1.44. The third kappa shape index (κ3) is 3.44. The third-order valence-electron chi connectivity index (χ3n) is 5.02. The molecule has 1 N–H and O–H groups in total. The van der Waals surface area contributed by atoms with Crippen LogP contribution in [0.1, 0.15) is 42.6 Å². The lowest BCUT2D eigenvalue weighted by Gasteiger charge is -2.12. The maximum atomic E-state index is 12.4. The van der Waals surface area contributed by atoms with Gasteiger partial charge in [-0.2, -0.15) is 0 Å². The number of allylic oxidation sites excluding steroid dienone is 1. The van der Waals surface area contributed by atoms with Gasteiger partial charge in [-0.15, -0.1) is 11.3 Å². The van der Waals surface area contributed by atoms with Crippen LogP contribution in [-0.2, 0) is 7.05 Å². The minimum atomic E-state index is -0.0809. The fourth-order valence-electron chi connectivity index (χ4n) is 3.55. The lowest BCUT2D eigenvalue weighted by atomic mass is 9.97. The van der Waals surface area contributed by atoms with Crippen LogP contribution >= 0.6 is 11.3 Å². The molecule has 0 saturated heterocycles. The summed E-state index contributed by atoms with van der Waals surface area (Å²) < 4.78 is 2.13. The second-order valence-corrected chi connectivity index (χ2v) is 7.66. The number of benzene rings is 1. The first kappa shape index (κ1) is 17.0. The zero-order chi connectivity index (χ0) is 17.9. The first-order chi connectivity index (χ1) is 12.7. The number of hydrogen-bond donors (Lipinski definition) is 1. The molecule has 0 radical (unpaired) electrons. The summed E-state index contributed by atoms with van der Waals surface area (Å²) in [6.45, 7) is 0.686. The number of fused-ring (bicyclic) bond motifs is 1. The molecule has 134 valence electrons. The third-order valence-corrected chi connectivity index (χ3v) is 5.89. The molecule has 4 nitrogen and oxygen atoms in total. The minimum absolute atomic E-state index is 0.0809. The van der Waals surface area contributed by atoms with Crippen LogP contribution in [0.5, 0.6) is 0 Å². The van der Waals surface area contributed by atoms with E-state index in [-0.39, 0.29) is 5.91 Å². The predicted molar refractivity (Wildman–Crippen MR) is 108 cm³/mol. The van der Waals surface area contributed by atoms with Crippen molar-refractivity contribution in [2.24, 2.45) is 7.05 Å². The first-order valence-electron chi connectivity index (χ1n) is 9.19. The van der Waals surface area contributed by atoms with E-state index in [0.29, 0.717) is 12.2 Å². The molecule has 1 aromatic carbocycles. The highest BCUT2D eigenvalue weighted by atomic mass is 32.1. The quantitative estimate of drug-likeness (QED) is 0.652. The van der Waals surface area contributed by atoms with Crippen molar-refractivity contribution in [1.29, 1.82) is 0 Å². The van der Waals surface area contributed by atoms with Gasteiger partial charge in [0.2, 0.25) is 0 Å². The van der Waals surface area contributed by atoms with Gasteiger partial charge < -0.3 is 9.88 Å². The van der Waals surface area contributed by atoms with E-state index in [1.54, 1.807) is 0 Å². The number of carbonyl (C=O) groups is 1. The summed E-state index contributed by atoms with van der Waals surface area (Å²) in [5, 5.41) is 6.92. The van der Waals surface area contributed by atoms with Gasteiger partial charge in [-0.3, -0.25) is 4.79 Å². The van der Waals surface area contributed by atoms with E-state index in [1.165, 1.54) is 53.5 Å². The molecule has 4 rings (SSSR count). The van der Waals surface area contributed by atoms with Crippen LogP contribution in [0.15, 0.2) is 47.4 Å². The van der Waals surface area contributed by atoms with E-state index in [2.05, 4.69) is 39.1 Å². The van der Waals surface area contributed by atoms with Crippen LogP contribution in [0, 0.1) is 0 Å². The molecule has 1 amide bonds. The molecule has 0 bridgehead atoms. The molecule has 2 heterocycles. The van der Waals surface area contributed by atoms with Crippen molar-refractivity contribution in [2.75, 3.05) is 6.54 Å². The Morgan fingerprint density at radius 2 is 2.19 bits per heavy atom. The van der Waals surface area contributed by atoms with Crippen molar-refractivity contribution in [3.8, 4) is 10.7 Å². The SMILES string of the molecule is Cn1c(-c2nc(C(=O)NCCC3=CCCCC3)cs2)cc2ccccc21. The van der Waals surface area contributed by atoms with Crippen molar-refractivity contribution in [2.45, 2.75) is 32.1 Å². The molecular weight excluding hydrogens is 342 g/mol. The lowest BCUT2D eigenvalue weighted by molar-refractivity contribution is 0.0950. The molecule has 2 aromatic heterocycles. The topological polar surface area (TPSA) is 46.9 Å². The number of nitrogens with one attached hydrogen (secondary N) is 1. The summed E-state index contributed by atoms with van der Waals surface area (Å²) >= 11 is 1.52. The van der Waals surface area contributed by atoms with E-state index in [0.717, 1.165) is 17.1 Å². The highest BCUT2D eigenvalue weighted by Gasteiger charge is 2.15. The fourth-order valence-corrected chi connectivity index (χ4v) is 4.40. The highest BCUT2D eigenvalue weighted by molar-refractivity contribution is 7.13. The number of para-hydroxylation sites is 1. The Kier molecular flexibility index (Phi) is 4.89. The fraction of sp³-hybridized carbons (Fsp3) is 0.333. The molecule has 26 heavy (non-hydrogen) atoms. The smallest absolute Gasteiger partial charge is 0.270 e. The Labute approximate surface area is 157 Å². The van der Waals surface area contributed by atoms with Gasteiger partial charge in [0, 0.05) is 29.9 Å². The number of carbonyl (C=O) groups excluding carboxylic acids is 1. The molecule has 1 aliphatic rings. The Hall–Kier alpha value is -2.40. The van der Waals surface area contributed by atoms with Gasteiger partial charge in [-0.25, -0.2) is 4.98 Å². The Bertz CT molecular complexity index is 967. The average Bonchev–Trinajstić information content (AvgIpc) is 3.28. The van der Waals surface area contributed by atoms with Gasteiger partial charge in [0.05, 0.1) is 5.69 Å². The van der Waals surface area contributed by atoms with E-state index in [9.17, 15) is 4.79 Å². The lowest BCUT2D eigenvalue weighted by Crippen LogP contribution is -2.25. The molecule has 0 fully saturated rings. The maximum absolute atomic E-state index is 12.4. The summed E-state index contributed by atoms with van der Waals surface area (Å²) in [6.07, 6.45) is 8.22. The van der Waals surface area contributed by atoms with Crippen LogP contribution in [0.25, 0.3) is 21.6 Å². The highest BCUT2D eigenvalue weighted by Crippen LogP contribution is 2.29. The van der Waals surface area contributed by atoms with Crippen molar-refractivity contribution in [3.05, 3.63) is 53.1 Å². The molecule has 0 unspecified atom stereocenters.